The van der Waals surface area contributed by atoms with Crippen LogP contribution in [-0.2, 0) is 4.79 Å². The molecule has 6 heteroatoms. The third-order valence-electron chi connectivity index (χ3n) is 4.24. The zero-order chi connectivity index (χ0) is 16.0. The van der Waals surface area contributed by atoms with Crippen LogP contribution in [0.2, 0.25) is 0 Å². The highest BCUT2D eigenvalue weighted by Crippen LogP contribution is 2.32. The maximum Gasteiger partial charge on any atom is 0.262 e. The van der Waals surface area contributed by atoms with Gasteiger partial charge in [-0.3, -0.25) is 19.3 Å². The smallest absolute Gasteiger partial charge is 0.262 e. The van der Waals surface area contributed by atoms with Gasteiger partial charge in [0.2, 0.25) is 5.91 Å². The number of benzene rings is 1. The third-order valence-corrected chi connectivity index (χ3v) is 4.24. The standard InChI is InChI=1S/C16H18N2O4/c1-8(2)9-4-3-5-10-13(9)16(22)18(15(10)21)11-6-7-12(19)17-14(11)20/h3-5,8,11-12,19H,6-7H2,1-2H3,(H,17,20). The molecule has 2 N–H and O–H groups in total. The fourth-order valence-corrected chi connectivity index (χ4v) is 3.12. The van der Waals surface area contributed by atoms with Crippen LogP contribution in [0.25, 0.3) is 0 Å². The molecule has 0 saturated carbocycles. The van der Waals surface area contributed by atoms with Gasteiger partial charge in [-0.05, 0) is 30.4 Å². The van der Waals surface area contributed by atoms with E-state index in [1.165, 1.54) is 0 Å². The first-order valence-electron chi connectivity index (χ1n) is 7.41. The molecule has 0 aromatic heterocycles. The summed E-state index contributed by atoms with van der Waals surface area (Å²) in [4.78, 5) is 38.4. The van der Waals surface area contributed by atoms with Crippen LogP contribution in [0.4, 0.5) is 0 Å². The number of amides is 3. The van der Waals surface area contributed by atoms with Crippen LogP contribution < -0.4 is 5.32 Å². The number of hydrogen-bond acceptors (Lipinski definition) is 4. The SMILES string of the molecule is CC(C)c1cccc2c1C(=O)N(C1CCC(O)NC1=O)C2=O. The van der Waals surface area contributed by atoms with E-state index >= 15 is 0 Å². The zero-order valence-electron chi connectivity index (χ0n) is 12.5. The summed E-state index contributed by atoms with van der Waals surface area (Å²) in [7, 11) is 0. The van der Waals surface area contributed by atoms with Crippen molar-refractivity contribution in [1.29, 1.82) is 0 Å². The molecular weight excluding hydrogens is 284 g/mol. The summed E-state index contributed by atoms with van der Waals surface area (Å²) in [5.41, 5.74) is 1.58. The van der Waals surface area contributed by atoms with Crippen LogP contribution in [0.3, 0.4) is 0 Å². The second-order valence-electron chi connectivity index (χ2n) is 6.02. The summed E-state index contributed by atoms with van der Waals surface area (Å²) >= 11 is 0. The van der Waals surface area contributed by atoms with Gasteiger partial charge in [-0.25, -0.2) is 0 Å². The molecule has 0 radical (unpaired) electrons. The normalized spacial score (nSPS) is 24.7. The number of rotatable bonds is 2. The highest BCUT2D eigenvalue weighted by Gasteiger charge is 2.45. The third kappa shape index (κ3) is 2.11. The van der Waals surface area contributed by atoms with Gasteiger partial charge < -0.3 is 10.4 Å². The molecule has 2 atom stereocenters. The number of carbonyl (C=O) groups excluding carboxylic acids is 3. The minimum atomic E-state index is -0.912. The summed E-state index contributed by atoms with van der Waals surface area (Å²) in [5.74, 6) is -1.23. The molecule has 1 aromatic rings. The minimum Gasteiger partial charge on any atom is -0.374 e. The van der Waals surface area contributed by atoms with Crippen LogP contribution in [0.1, 0.15) is 58.9 Å². The molecule has 116 valence electrons. The van der Waals surface area contributed by atoms with Crippen molar-refractivity contribution in [3.05, 3.63) is 34.9 Å². The van der Waals surface area contributed by atoms with Gasteiger partial charge >= 0.3 is 0 Å². The molecule has 22 heavy (non-hydrogen) atoms. The van der Waals surface area contributed by atoms with E-state index in [4.69, 9.17) is 0 Å². The average molecular weight is 302 g/mol. The zero-order valence-corrected chi connectivity index (χ0v) is 12.5. The van der Waals surface area contributed by atoms with Crippen molar-refractivity contribution in [3.8, 4) is 0 Å². The largest absolute Gasteiger partial charge is 0.374 e. The van der Waals surface area contributed by atoms with Gasteiger partial charge in [0, 0.05) is 0 Å². The van der Waals surface area contributed by atoms with E-state index in [-0.39, 0.29) is 12.3 Å². The number of nitrogens with one attached hydrogen (secondary N) is 1. The Kier molecular flexibility index (Phi) is 3.48. The summed E-state index contributed by atoms with van der Waals surface area (Å²) in [6.45, 7) is 3.92. The van der Waals surface area contributed by atoms with Crippen molar-refractivity contribution < 1.29 is 19.5 Å². The predicted molar refractivity (Wildman–Crippen MR) is 78.2 cm³/mol. The lowest BCUT2D eigenvalue weighted by Crippen LogP contribution is -2.55. The number of aliphatic hydroxyl groups is 1. The molecule has 2 unspecified atom stereocenters. The molecule has 0 spiro atoms. The lowest BCUT2D eigenvalue weighted by molar-refractivity contribution is -0.131. The second kappa shape index (κ2) is 5.21. The molecule has 2 aliphatic heterocycles. The number of carbonyl (C=O) groups is 3. The first-order chi connectivity index (χ1) is 10.4. The van der Waals surface area contributed by atoms with Crippen LogP contribution in [0, 0.1) is 0 Å². The first kappa shape index (κ1) is 14.7. The minimum absolute atomic E-state index is 0.105. The van der Waals surface area contributed by atoms with Gasteiger partial charge in [0.05, 0.1) is 11.1 Å². The van der Waals surface area contributed by atoms with E-state index in [2.05, 4.69) is 5.32 Å². The quantitative estimate of drug-likeness (QED) is 0.798. The number of hydrogen-bond donors (Lipinski definition) is 2. The molecular formula is C16H18N2O4. The van der Waals surface area contributed by atoms with Crippen molar-refractivity contribution >= 4 is 17.7 Å². The molecule has 0 bridgehead atoms. The van der Waals surface area contributed by atoms with E-state index in [0.29, 0.717) is 17.5 Å². The maximum absolute atomic E-state index is 12.7. The molecule has 3 amide bonds. The molecule has 6 nitrogen and oxygen atoms in total. The van der Waals surface area contributed by atoms with Gasteiger partial charge in [-0.15, -0.1) is 0 Å². The Morgan fingerprint density at radius 2 is 1.91 bits per heavy atom. The Morgan fingerprint density at radius 3 is 2.55 bits per heavy atom. The van der Waals surface area contributed by atoms with Gasteiger partial charge in [-0.1, -0.05) is 26.0 Å². The van der Waals surface area contributed by atoms with Gasteiger partial charge in [0.15, 0.2) is 0 Å². The van der Waals surface area contributed by atoms with Crippen molar-refractivity contribution in [2.24, 2.45) is 0 Å². The topological polar surface area (TPSA) is 86.7 Å². The Balaban J connectivity index is 2.00. The molecule has 1 saturated heterocycles. The first-order valence-corrected chi connectivity index (χ1v) is 7.41. The molecule has 0 aliphatic carbocycles. The number of fused-ring (bicyclic) bond motifs is 1. The Bertz CT molecular complexity index is 668. The summed E-state index contributed by atoms with van der Waals surface area (Å²) < 4.78 is 0. The van der Waals surface area contributed by atoms with Gasteiger partial charge in [-0.2, -0.15) is 0 Å². The molecule has 2 aliphatic rings. The number of piperidine rings is 1. The van der Waals surface area contributed by atoms with E-state index in [1.807, 2.05) is 19.9 Å². The fourth-order valence-electron chi connectivity index (χ4n) is 3.12. The summed E-state index contributed by atoms with van der Waals surface area (Å²) in [6, 6.07) is 4.36. The lowest BCUT2D eigenvalue weighted by atomic mass is 9.94. The van der Waals surface area contributed by atoms with Crippen LogP contribution in [0.5, 0.6) is 0 Å². The van der Waals surface area contributed by atoms with E-state index in [9.17, 15) is 19.5 Å². The number of imide groups is 1. The van der Waals surface area contributed by atoms with Crippen molar-refractivity contribution in [2.45, 2.75) is 44.9 Å². The van der Waals surface area contributed by atoms with Gasteiger partial charge in [0.1, 0.15) is 12.3 Å². The Labute approximate surface area is 128 Å². The molecule has 1 fully saturated rings. The second-order valence-corrected chi connectivity index (χ2v) is 6.02. The molecule has 1 aromatic carbocycles. The lowest BCUT2D eigenvalue weighted by Gasteiger charge is -2.31. The predicted octanol–water partition coefficient (Wildman–Crippen LogP) is 1.00. The van der Waals surface area contributed by atoms with E-state index in [0.717, 1.165) is 10.5 Å². The average Bonchev–Trinajstić information content (AvgIpc) is 2.72. The van der Waals surface area contributed by atoms with Gasteiger partial charge in [0.25, 0.3) is 11.8 Å². The number of nitrogens with zero attached hydrogens (tertiary/aromatic N) is 1. The highest BCUT2D eigenvalue weighted by atomic mass is 16.3. The van der Waals surface area contributed by atoms with E-state index in [1.54, 1.807) is 12.1 Å². The summed E-state index contributed by atoms with van der Waals surface area (Å²) in [5, 5.41) is 11.8. The van der Waals surface area contributed by atoms with Crippen molar-refractivity contribution in [1.82, 2.24) is 10.2 Å². The van der Waals surface area contributed by atoms with Crippen molar-refractivity contribution in [2.75, 3.05) is 0 Å². The van der Waals surface area contributed by atoms with Crippen LogP contribution in [-0.4, -0.2) is 40.0 Å². The Hall–Kier alpha value is -2.21. The molecule has 3 rings (SSSR count). The van der Waals surface area contributed by atoms with Crippen molar-refractivity contribution in [3.63, 3.8) is 0 Å². The number of aliphatic hydroxyl groups excluding tert-OH is 1. The molecule has 2 heterocycles. The highest BCUT2D eigenvalue weighted by molar-refractivity contribution is 6.23. The monoisotopic (exact) mass is 302 g/mol. The Morgan fingerprint density at radius 1 is 1.18 bits per heavy atom. The maximum atomic E-state index is 12.7. The summed E-state index contributed by atoms with van der Waals surface area (Å²) in [6.07, 6.45) is -0.318. The van der Waals surface area contributed by atoms with Crippen LogP contribution >= 0.6 is 0 Å². The van der Waals surface area contributed by atoms with E-state index < -0.39 is 30.0 Å². The fraction of sp³-hybridized carbons (Fsp3) is 0.438. The van der Waals surface area contributed by atoms with Crippen LogP contribution in [0.15, 0.2) is 18.2 Å².